The molecule has 0 amide bonds. The van der Waals surface area contributed by atoms with E-state index in [4.69, 9.17) is 0 Å². The summed E-state index contributed by atoms with van der Waals surface area (Å²) < 4.78 is 0. The van der Waals surface area contributed by atoms with Crippen LogP contribution in [0.15, 0.2) is 48.5 Å². The average molecular weight is 599 g/mol. The first-order valence-electron chi connectivity index (χ1n) is 18.2. The Balaban J connectivity index is 1.08. The summed E-state index contributed by atoms with van der Waals surface area (Å²) >= 11 is 0. The number of Topliss-reactive ketones (excluding diaryl/α,β-unsaturated/α-hetero) is 3. The van der Waals surface area contributed by atoms with Crippen molar-refractivity contribution in [3.8, 4) is 0 Å². The van der Waals surface area contributed by atoms with Gasteiger partial charge in [-0.3, -0.25) is 14.4 Å². The summed E-state index contributed by atoms with van der Waals surface area (Å²) in [5.41, 5.74) is 5.47. The molecule has 2 aromatic rings. The third kappa shape index (κ3) is 10.8. The molecule has 0 aromatic heterocycles. The molecule has 4 rings (SSSR count). The van der Waals surface area contributed by atoms with Crippen LogP contribution in [0, 0.1) is 11.8 Å². The van der Waals surface area contributed by atoms with Crippen molar-refractivity contribution >= 4 is 17.3 Å². The van der Waals surface area contributed by atoms with E-state index in [1.165, 1.54) is 22.3 Å². The van der Waals surface area contributed by atoms with Crippen LogP contribution in [0.1, 0.15) is 164 Å². The van der Waals surface area contributed by atoms with Crippen molar-refractivity contribution in [1.29, 1.82) is 0 Å². The van der Waals surface area contributed by atoms with Crippen molar-refractivity contribution in [2.75, 3.05) is 0 Å². The predicted molar refractivity (Wildman–Crippen MR) is 182 cm³/mol. The molecule has 2 saturated carbocycles. The second-order valence-corrected chi connectivity index (χ2v) is 14.0. The van der Waals surface area contributed by atoms with Crippen molar-refractivity contribution in [3.05, 3.63) is 70.8 Å². The molecule has 0 spiro atoms. The number of benzene rings is 2. The van der Waals surface area contributed by atoms with Gasteiger partial charge in [0.15, 0.2) is 0 Å². The summed E-state index contributed by atoms with van der Waals surface area (Å²) in [5.74, 6) is 3.13. The largest absolute Gasteiger partial charge is 0.300 e. The summed E-state index contributed by atoms with van der Waals surface area (Å²) in [6, 6.07) is 18.1. The van der Waals surface area contributed by atoms with E-state index in [2.05, 4.69) is 62.4 Å². The van der Waals surface area contributed by atoms with Gasteiger partial charge in [-0.15, -0.1) is 0 Å². The molecular formula is C41H58O3. The highest BCUT2D eigenvalue weighted by molar-refractivity contribution is 5.81. The Kier molecular flexibility index (Phi) is 14.4. The third-order valence-electron chi connectivity index (χ3n) is 10.7. The monoisotopic (exact) mass is 598 g/mol. The maximum Gasteiger partial charge on any atom is 0.135 e. The number of hydrogen-bond acceptors (Lipinski definition) is 3. The number of carbonyl (C=O) groups is 3. The Bertz CT molecular complexity index is 1050. The maximum atomic E-state index is 12.6. The molecule has 0 bridgehead atoms. The minimum atomic E-state index is 0.296. The summed E-state index contributed by atoms with van der Waals surface area (Å²) in [7, 11) is 0. The van der Waals surface area contributed by atoms with Crippen LogP contribution in [0.5, 0.6) is 0 Å². The molecule has 0 atom stereocenters. The summed E-state index contributed by atoms with van der Waals surface area (Å²) in [4.78, 5) is 37.3. The van der Waals surface area contributed by atoms with E-state index < -0.39 is 0 Å². The Hall–Kier alpha value is -2.55. The number of hydrogen-bond donors (Lipinski definition) is 0. The van der Waals surface area contributed by atoms with Gasteiger partial charge in [0.25, 0.3) is 0 Å². The number of unbranched alkanes of at least 4 members (excludes halogenated alkanes) is 2. The smallest absolute Gasteiger partial charge is 0.135 e. The zero-order valence-corrected chi connectivity index (χ0v) is 27.8. The van der Waals surface area contributed by atoms with E-state index >= 15 is 0 Å². The van der Waals surface area contributed by atoms with Crippen LogP contribution in [0.2, 0.25) is 0 Å². The first-order valence-corrected chi connectivity index (χ1v) is 18.2. The molecule has 240 valence electrons. The predicted octanol–water partition coefficient (Wildman–Crippen LogP) is 10.7. The van der Waals surface area contributed by atoms with Gasteiger partial charge in [0.2, 0.25) is 0 Å². The van der Waals surface area contributed by atoms with Crippen LogP contribution in [0.4, 0.5) is 0 Å². The summed E-state index contributed by atoms with van der Waals surface area (Å²) in [5, 5.41) is 0. The normalized spacial score (nSPS) is 22.0. The van der Waals surface area contributed by atoms with Crippen molar-refractivity contribution in [2.45, 2.75) is 154 Å². The lowest BCUT2D eigenvalue weighted by molar-refractivity contribution is -0.124. The maximum absolute atomic E-state index is 12.6. The summed E-state index contributed by atoms with van der Waals surface area (Å²) in [6.45, 7) is 4.31. The SMILES string of the molecule is CCCCC(=O)C1CCC(c2ccc(CCCC(=O)CCCc3ccc([C@H]4CC[C@H](C(=O)CCCC)CC4)cc3)cc2)CC1. The zero-order valence-electron chi connectivity index (χ0n) is 27.8. The van der Waals surface area contributed by atoms with Gasteiger partial charge in [-0.1, -0.05) is 75.2 Å². The van der Waals surface area contributed by atoms with Crippen LogP contribution >= 0.6 is 0 Å². The van der Waals surface area contributed by atoms with Gasteiger partial charge in [0.1, 0.15) is 17.3 Å². The molecule has 44 heavy (non-hydrogen) atoms. The van der Waals surface area contributed by atoms with Crippen LogP contribution in [0.25, 0.3) is 0 Å². The van der Waals surface area contributed by atoms with E-state index in [1.807, 2.05) is 0 Å². The van der Waals surface area contributed by atoms with Crippen molar-refractivity contribution in [2.24, 2.45) is 11.8 Å². The van der Waals surface area contributed by atoms with E-state index in [0.29, 0.717) is 53.9 Å². The number of aryl methyl sites for hydroxylation is 2. The minimum Gasteiger partial charge on any atom is -0.300 e. The molecule has 3 heteroatoms. The fraction of sp³-hybridized carbons (Fsp3) is 0.634. The number of ketones is 3. The quantitative estimate of drug-likeness (QED) is 0.171. The van der Waals surface area contributed by atoms with Gasteiger partial charge in [0, 0.05) is 37.5 Å². The average Bonchev–Trinajstić information content (AvgIpc) is 3.07. The second-order valence-electron chi connectivity index (χ2n) is 14.0. The van der Waals surface area contributed by atoms with Crippen LogP contribution in [-0.4, -0.2) is 17.3 Å². The Morgan fingerprint density at radius 3 is 1.20 bits per heavy atom. The second kappa shape index (κ2) is 18.4. The Morgan fingerprint density at radius 2 is 0.864 bits per heavy atom. The molecule has 2 fully saturated rings. The van der Waals surface area contributed by atoms with Crippen LogP contribution in [-0.2, 0) is 27.2 Å². The summed E-state index contributed by atoms with van der Waals surface area (Å²) in [6.07, 6.45) is 19.6. The highest BCUT2D eigenvalue weighted by Gasteiger charge is 2.27. The van der Waals surface area contributed by atoms with Gasteiger partial charge < -0.3 is 0 Å². The standard InChI is InChI=1S/C41H58O3/c1-3-5-13-40(43)37-27-23-35(24-28-37)33-19-15-31(16-20-33)9-7-11-39(42)12-8-10-32-17-21-34(22-18-32)36-25-29-38(30-26-36)41(44)14-6-4-2/h15-22,35-38H,3-14,23-30H2,1-2H3/t35-,36?,37-,38?. The van der Waals surface area contributed by atoms with Crippen molar-refractivity contribution in [3.63, 3.8) is 0 Å². The van der Waals surface area contributed by atoms with Crippen molar-refractivity contribution < 1.29 is 14.4 Å². The van der Waals surface area contributed by atoms with Gasteiger partial charge in [-0.2, -0.15) is 0 Å². The first kappa shape index (κ1) is 34.3. The number of rotatable bonds is 18. The minimum absolute atomic E-state index is 0.296. The Labute approximate surface area is 268 Å². The zero-order chi connectivity index (χ0) is 31.1. The van der Waals surface area contributed by atoms with Crippen LogP contribution < -0.4 is 0 Å². The van der Waals surface area contributed by atoms with Crippen LogP contribution in [0.3, 0.4) is 0 Å². The lowest BCUT2D eigenvalue weighted by atomic mass is 9.76. The molecular weight excluding hydrogens is 540 g/mol. The fourth-order valence-electron chi connectivity index (χ4n) is 7.63. The Morgan fingerprint density at radius 1 is 0.500 bits per heavy atom. The molecule has 0 aliphatic heterocycles. The molecule has 0 saturated heterocycles. The number of carbonyl (C=O) groups excluding carboxylic acids is 3. The van der Waals surface area contributed by atoms with E-state index in [-0.39, 0.29) is 0 Å². The molecule has 0 radical (unpaired) electrons. The first-order chi connectivity index (χ1) is 21.5. The van der Waals surface area contributed by atoms with Crippen molar-refractivity contribution in [1.82, 2.24) is 0 Å². The van der Waals surface area contributed by atoms with Gasteiger partial charge >= 0.3 is 0 Å². The molecule has 2 aliphatic carbocycles. The highest BCUT2D eigenvalue weighted by Crippen LogP contribution is 2.38. The van der Waals surface area contributed by atoms with E-state index in [9.17, 15) is 14.4 Å². The lowest BCUT2D eigenvalue weighted by Gasteiger charge is -2.28. The molecule has 0 N–H and O–H groups in total. The van der Waals surface area contributed by atoms with E-state index in [0.717, 1.165) is 116 Å². The molecule has 0 heterocycles. The van der Waals surface area contributed by atoms with Gasteiger partial charge in [-0.05, 0) is 124 Å². The fourth-order valence-corrected chi connectivity index (χ4v) is 7.63. The van der Waals surface area contributed by atoms with Gasteiger partial charge in [0.05, 0.1) is 0 Å². The van der Waals surface area contributed by atoms with Gasteiger partial charge in [-0.25, -0.2) is 0 Å². The topological polar surface area (TPSA) is 51.2 Å². The molecule has 2 aromatic carbocycles. The lowest BCUT2D eigenvalue weighted by Crippen LogP contribution is -2.21. The van der Waals surface area contributed by atoms with E-state index in [1.54, 1.807) is 0 Å². The third-order valence-corrected chi connectivity index (χ3v) is 10.7. The molecule has 3 nitrogen and oxygen atoms in total. The highest BCUT2D eigenvalue weighted by atomic mass is 16.1. The molecule has 0 unspecified atom stereocenters. The molecule has 2 aliphatic rings.